The van der Waals surface area contributed by atoms with E-state index in [2.05, 4.69) is 21.3 Å². The van der Waals surface area contributed by atoms with Gasteiger partial charge in [0.05, 0.1) is 12.8 Å². The van der Waals surface area contributed by atoms with Crippen molar-refractivity contribution in [2.24, 2.45) is 0 Å². The average molecular weight is 479 g/mol. The number of piperidine rings is 1. The van der Waals surface area contributed by atoms with Crippen LogP contribution in [0.2, 0.25) is 0 Å². The van der Waals surface area contributed by atoms with Crippen LogP contribution in [0.5, 0.6) is 0 Å². The van der Waals surface area contributed by atoms with Crippen LogP contribution in [0.25, 0.3) is 10.8 Å². The second-order valence-corrected chi connectivity index (χ2v) is 9.39. The quantitative estimate of drug-likeness (QED) is 0.354. The van der Waals surface area contributed by atoms with Gasteiger partial charge in [-0.3, -0.25) is 14.4 Å². The van der Waals surface area contributed by atoms with Crippen LogP contribution in [0.1, 0.15) is 24.0 Å². The van der Waals surface area contributed by atoms with Crippen LogP contribution >= 0.6 is 11.3 Å². The molecule has 4 N–H and O–H groups in total. The molecule has 1 aliphatic rings. The molecule has 8 heteroatoms. The molecule has 178 valence electrons. The van der Waals surface area contributed by atoms with Gasteiger partial charge in [0.15, 0.2) is 0 Å². The van der Waals surface area contributed by atoms with Crippen LogP contribution < -0.4 is 21.3 Å². The summed E-state index contributed by atoms with van der Waals surface area (Å²) in [5, 5.41) is 18.1. The van der Waals surface area contributed by atoms with Gasteiger partial charge in [0, 0.05) is 13.1 Å². The Morgan fingerprint density at radius 2 is 1.65 bits per heavy atom. The molecule has 0 saturated carbocycles. The zero-order valence-electron chi connectivity index (χ0n) is 19.1. The first-order valence-electron chi connectivity index (χ1n) is 11.6. The van der Waals surface area contributed by atoms with E-state index in [4.69, 9.17) is 0 Å². The summed E-state index contributed by atoms with van der Waals surface area (Å²) < 4.78 is 0. The Balaban J connectivity index is 1.27. The molecule has 0 atom stereocenters. The summed E-state index contributed by atoms with van der Waals surface area (Å²) in [4.78, 5) is 38.2. The molecule has 3 amide bonds. The molecular weight excluding hydrogens is 448 g/mol. The number of hydrogen-bond donors (Lipinski definition) is 4. The minimum Gasteiger partial charge on any atom is -0.354 e. The van der Waals surface area contributed by atoms with Crippen LogP contribution in [-0.2, 0) is 27.2 Å². The van der Waals surface area contributed by atoms with Crippen molar-refractivity contribution in [1.29, 1.82) is 0 Å². The van der Waals surface area contributed by atoms with Gasteiger partial charge in [0.1, 0.15) is 5.54 Å². The maximum Gasteiger partial charge on any atom is 0.245 e. The topological polar surface area (TPSA) is 99.3 Å². The van der Waals surface area contributed by atoms with Gasteiger partial charge in [-0.15, -0.1) is 0 Å². The number of hydrogen-bond acceptors (Lipinski definition) is 5. The van der Waals surface area contributed by atoms with Gasteiger partial charge in [-0.25, -0.2) is 0 Å². The Morgan fingerprint density at radius 1 is 0.882 bits per heavy atom. The third kappa shape index (κ3) is 6.01. The van der Waals surface area contributed by atoms with Crippen molar-refractivity contribution in [3.05, 3.63) is 70.4 Å². The first kappa shape index (κ1) is 23.9. The van der Waals surface area contributed by atoms with Gasteiger partial charge in [-0.2, -0.15) is 11.3 Å². The Morgan fingerprint density at radius 3 is 2.44 bits per heavy atom. The van der Waals surface area contributed by atoms with E-state index in [1.165, 1.54) is 0 Å². The summed E-state index contributed by atoms with van der Waals surface area (Å²) in [7, 11) is 0. The van der Waals surface area contributed by atoms with Crippen LogP contribution in [0.4, 0.5) is 0 Å². The van der Waals surface area contributed by atoms with E-state index >= 15 is 0 Å². The Labute approximate surface area is 203 Å². The van der Waals surface area contributed by atoms with Gasteiger partial charge in [-0.1, -0.05) is 42.5 Å². The van der Waals surface area contributed by atoms with Crippen molar-refractivity contribution < 1.29 is 14.4 Å². The van der Waals surface area contributed by atoms with E-state index in [9.17, 15) is 14.4 Å². The van der Waals surface area contributed by atoms with Crippen LogP contribution in [-0.4, -0.2) is 49.4 Å². The van der Waals surface area contributed by atoms with Crippen molar-refractivity contribution >= 4 is 39.8 Å². The van der Waals surface area contributed by atoms with E-state index in [1.54, 1.807) is 11.3 Å². The van der Waals surface area contributed by atoms with Gasteiger partial charge in [0.25, 0.3) is 0 Å². The van der Waals surface area contributed by atoms with Crippen LogP contribution in [0.15, 0.2) is 59.3 Å². The van der Waals surface area contributed by atoms with Crippen molar-refractivity contribution in [2.75, 3.05) is 26.2 Å². The van der Waals surface area contributed by atoms with E-state index < -0.39 is 5.54 Å². The smallest absolute Gasteiger partial charge is 0.245 e. The highest BCUT2D eigenvalue weighted by Crippen LogP contribution is 2.20. The zero-order valence-corrected chi connectivity index (χ0v) is 19.9. The molecule has 3 aromatic rings. The lowest BCUT2D eigenvalue weighted by Crippen LogP contribution is -2.63. The van der Waals surface area contributed by atoms with Crippen molar-refractivity contribution in [3.63, 3.8) is 0 Å². The lowest BCUT2D eigenvalue weighted by atomic mass is 9.87. The highest BCUT2D eigenvalue weighted by Gasteiger charge is 2.40. The number of carbonyl (C=O) groups excluding carboxylic acids is 3. The Hall–Kier alpha value is -3.23. The average Bonchev–Trinajstić information content (AvgIpc) is 3.35. The van der Waals surface area contributed by atoms with E-state index in [1.807, 2.05) is 59.3 Å². The summed E-state index contributed by atoms with van der Waals surface area (Å²) in [6.45, 7) is 1.95. The molecule has 1 aliphatic heterocycles. The molecule has 4 rings (SSSR count). The third-order valence-electron chi connectivity index (χ3n) is 6.18. The number of rotatable bonds is 9. The molecule has 0 unspecified atom stereocenters. The number of amides is 3. The van der Waals surface area contributed by atoms with Crippen molar-refractivity contribution in [1.82, 2.24) is 21.3 Å². The van der Waals surface area contributed by atoms with E-state index in [-0.39, 0.29) is 30.6 Å². The lowest BCUT2D eigenvalue weighted by molar-refractivity contribution is -0.134. The normalized spacial score (nSPS) is 14.9. The summed E-state index contributed by atoms with van der Waals surface area (Å²) in [6.07, 6.45) is 1.60. The summed E-state index contributed by atoms with van der Waals surface area (Å²) >= 11 is 1.55. The standard InChI is InChI=1S/C26H30N4O3S/c31-23(17-21-6-3-5-20-4-1-2-7-22(20)21)28-13-14-29-25(33)26(9-11-27-12-10-26)30-24(32)16-19-8-15-34-18-19/h1-8,15,18,27H,9-14,16-17H2,(H,28,31)(H,29,33)(H,30,32). The predicted octanol–water partition coefficient (Wildman–Crippen LogP) is 2.16. The fourth-order valence-electron chi connectivity index (χ4n) is 4.38. The van der Waals surface area contributed by atoms with Gasteiger partial charge in [-0.05, 0) is 64.7 Å². The minimum absolute atomic E-state index is 0.0914. The molecule has 7 nitrogen and oxygen atoms in total. The highest BCUT2D eigenvalue weighted by molar-refractivity contribution is 7.08. The molecular formula is C26H30N4O3S. The molecule has 2 heterocycles. The number of fused-ring (bicyclic) bond motifs is 1. The first-order valence-corrected chi connectivity index (χ1v) is 12.5. The third-order valence-corrected chi connectivity index (χ3v) is 6.91. The highest BCUT2D eigenvalue weighted by atomic mass is 32.1. The van der Waals surface area contributed by atoms with E-state index in [0.717, 1.165) is 21.9 Å². The number of carbonyl (C=O) groups is 3. The van der Waals surface area contributed by atoms with E-state index in [0.29, 0.717) is 39.0 Å². The van der Waals surface area contributed by atoms with Gasteiger partial charge < -0.3 is 21.3 Å². The Kier molecular flexibility index (Phi) is 7.92. The maximum atomic E-state index is 13.1. The first-order chi connectivity index (χ1) is 16.6. The van der Waals surface area contributed by atoms with Gasteiger partial charge >= 0.3 is 0 Å². The zero-order chi connectivity index (χ0) is 23.8. The summed E-state index contributed by atoms with van der Waals surface area (Å²) in [5.74, 6) is -0.443. The summed E-state index contributed by atoms with van der Waals surface area (Å²) in [5.41, 5.74) is 0.994. The molecule has 0 spiro atoms. The SMILES string of the molecule is O=C(Cc1cccc2ccccc12)NCCNC(=O)C1(NC(=O)Cc2ccsc2)CCNCC1. The molecule has 2 aromatic carbocycles. The number of nitrogens with one attached hydrogen (secondary N) is 4. The lowest BCUT2D eigenvalue weighted by Gasteiger charge is -2.37. The molecule has 0 aliphatic carbocycles. The van der Waals surface area contributed by atoms with Crippen molar-refractivity contribution in [2.45, 2.75) is 31.2 Å². The molecule has 1 aromatic heterocycles. The number of thiophene rings is 1. The number of benzene rings is 2. The largest absolute Gasteiger partial charge is 0.354 e. The van der Waals surface area contributed by atoms with Crippen LogP contribution in [0, 0.1) is 0 Å². The summed E-state index contributed by atoms with van der Waals surface area (Å²) in [6, 6.07) is 15.9. The second kappa shape index (κ2) is 11.3. The fourth-order valence-corrected chi connectivity index (χ4v) is 5.05. The second-order valence-electron chi connectivity index (χ2n) is 8.61. The maximum absolute atomic E-state index is 13.1. The van der Waals surface area contributed by atoms with Gasteiger partial charge in [0.2, 0.25) is 17.7 Å². The molecule has 1 fully saturated rings. The van der Waals surface area contributed by atoms with Crippen molar-refractivity contribution in [3.8, 4) is 0 Å². The molecule has 0 radical (unpaired) electrons. The molecule has 34 heavy (non-hydrogen) atoms. The predicted molar refractivity (Wildman–Crippen MR) is 135 cm³/mol. The molecule has 0 bridgehead atoms. The van der Waals surface area contributed by atoms with Crippen LogP contribution in [0.3, 0.4) is 0 Å². The molecule has 1 saturated heterocycles. The fraction of sp³-hybridized carbons (Fsp3) is 0.346. The Bertz CT molecular complexity index is 1130. The minimum atomic E-state index is -0.925. The monoisotopic (exact) mass is 478 g/mol.